The van der Waals surface area contributed by atoms with Crippen LogP contribution in [0.3, 0.4) is 0 Å². The monoisotopic (exact) mass is 317 g/mol. The number of nitrogens with zero attached hydrogens (tertiary/aromatic N) is 1. The van der Waals surface area contributed by atoms with E-state index in [1.54, 1.807) is 12.1 Å². The summed E-state index contributed by atoms with van der Waals surface area (Å²) >= 11 is 5.88. The number of pyridine rings is 1. The SMILES string of the molecule is C=C(C)c1cc(-c2ccc(Cl)cc2F)c(CCC)c(CC)n1. The highest BCUT2D eigenvalue weighted by Crippen LogP contribution is 2.32. The predicted octanol–water partition coefficient (Wildman–Crippen LogP) is 6.09. The van der Waals surface area contributed by atoms with Crippen molar-refractivity contribution in [2.75, 3.05) is 0 Å². The molecule has 22 heavy (non-hydrogen) atoms. The zero-order valence-corrected chi connectivity index (χ0v) is 14.1. The van der Waals surface area contributed by atoms with Gasteiger partial charge in [-0.15, -0.1) is 0 Å². The largest absolute Gasteiger partial charge is 0.253 e. The van der Waals surface area contributed by atoms with Crippen molar-refractivity contribution in [2.45, 2.75) is 40.0 Å². The van der Waals surface area contributed by atoms with Gasteiger partial charge in [0.15, 0.2) is 0 Å². The first-order valence-electron chi connectivity index (χ1n) is 7.62. The lowest BCUT2D eigenvalue weighted by Gasteiger charge is -2.16. The van der Waals surface area contributed by atoms with Gasteiger partial charge in [-0.3, -0.25) is 4.98 Å². The lowest BCUT2D eigenvalue weighted by molar-refractivity contribution is 0.631. The van der Waals surface area contributed by atoms with Gasteiger partial charge in [0.05, 0.1) is 5.69 Å². The molecule has 0 aliphatic rings. The summed E-state index contributed by atoms with van der Waals surface area (Å²) in [6.07, 6.45) is 2.69. The average Bonchev–Trinajstić information content (AvgIpc) is 2.47. The van der Waals surface area contributed by atoms with E-state index in [-0.39, 0.29) is 5.82 Å². The average molecular weight is 318 g/mol. The van der Waals surface area contributed by atoms with Crippen molar-refractivity contribution >= 4 is 17.2 Å². The molecule has 116 valence electrons. The molecule has 2 aromatic rings. The van der Waals surface area contributed by atoms with Gasteiger partial charge < -0.3 is 0 Å². The van der Waals surface area contributed by atoms with Crippen LogP contribution >= 0.6 is 11.6 Å². The summed E-state index contributed by atoms with van der Waals surface area (Å²) in [5.41, 5.74) is 5.32. The molecule has 2 rings (SSSR count). The Morgan fingerprint density at radius 3 is 2.50 bits per heavy atom. The molecule has 1 aromatic carbocycles. The van der Waals surface area contributed by atoms with Crippen LogP contribution in [0.1, 0.15) is 44.1 Å². The molecule has 3 heteroatoms. The molecule has 0 unspecified atom stereocenters. The fraction of sp³-hybridized carbons (Fsp3) is 0.316. The molecule has 0 saturated heterocycles. The molecule has 0 aliphatic heterocycles. The molecule has 0 radical (unpaired) electrons. The van der Waals surface area contributed by atoms with Gasteiger partial charge in [0.25, 0.3) is 0 Å². The Kier molecular flexibility index (Phi) is 5.36. The van der Waals surface area contributed by atoms with Crippen molar-refractivity contribution in [2.24, 2.45) is 0 Å². The number of allylic oxidation sites excluding steroid dienone is 1. The first-order valence-corrected chi connectivity index (χ1v) is 7.99. The highest BCUT2D eigenvalue weighted by molar-refractivity contribution is 6.30. The van der Waals surface area contributed by atoms with E-state index in [1.165, 1.54) is 6.07 Å². The fourth-order valence-electron chi connectivity index (χ4n) is 2.61. The molecule has 1 nitrogen and oxygen atoms in total. The van der Waals surface area contributed by atoms with Crippen LogP contribution in [0.4, 0.5) is 4.39 Å². The van der Waals surface area contributed by atoms with Crippen LogP contribution in [-0.4, -0.2) is 4.98 Å². The minimum Gasteiger partial charge on any atom is -0.253 e. The van der Waals surface area contributed by atoms with Crippen LogP contribution in [0, 0.1) is 5.82 Å². The van der Waals surface area contributed by atoms with Gasteiger partial charge in [-0.25, -0.2) is 4.39 Å². The van der Waals surface area contributed by atoms with Crippen LogP contribution < -0.4 is 0 Å². The molecular weight excluding hydrogens is 297 g/mol. The Labute approximate surface area is 136 Å². The van der Waals surface area contributed by atoms with Crippen LogP contribution in [0.15, 0.2) is 30.8 Å². The maximum Gasteiger partial charge on any atom is 0.132 e. The highest BCUT2D eigenvalue weighted by Gasteiger charge is 2.16. The van der Waals surface area contributed by atoms with Crippen molar-refractivity contribution in [3.63, 3.8) is 0 Å². The maximum atomic E-state index is 14.4. The molecule has 0 saturated carbocycles. The normalized spacial score (nSPS) is 10.8. The molecule has 0 atom stereocenters. The summed E-state index contributed by atoms with van der Waals surface area (Å²) in [4.78, 5) is 4.69. The zero-order chi connectivity index (χ0) is 16.3. The standard InChI is InChI=1S/C19H21ClFN/c1-5-7-15-16(14-9-8-13(20)10-17(14)21)11-19(12(3)4)22-18(15)6-2/h8-11H,3,5-7H2,1-2,4H3. The summed E-state index contributed by atoms with van der Waals surface area (Å²) in [6, 6.07) is 6.77. The summed E-state index contributed by atoms with van der Waals surface area (Å²) in [6.45, 7) is 10.1. The molecule has 0 fully saturated rings. The van der Waals surface area contributed by atoms with Gasteiger partial charge >= 0.3 is 0 Å². The third kappa shape index (κ3) is 3.38. The van der Waals surface area contributed by atoms with Gasteiger partial charge in [0.2, 0.25) is 0 Å². The van der Waals surface area contributed by atoms with Gasteiger partial charge in [0, 0.05) is 16.3 Å². The van der Waals surface area contributed by atoms with E-state index < -0.39 is 0 Å². The Morgan fingerprint density at radius 2 is 1.95 bits per heavy atom. The third-order valence-corrected chi connectivity index (χ3v) is 3.94. The van der Waals surface area contributed by atoms with E-state index in [2.05, 4.69) is 20.4 Å². The number of benzene rings is 1. The molecule has 0 bridgehead atoms. The highest BCUT2D eigenvalue weighted by atomic mass is 35.5. The Balaban J connectivity index is 2.75. The van der Waals surface area contributed by atoms with E-state index in [1.807, 2.05) is 13.0 Å². The lowest BCUT2D eigenvalue weighted by Crippen LogP contribution is -2.04. The first-order chi connectivity index (χ1) is 10.5. The summed E-state index contributed by atoms with van der Waals surface area (Å²) in [5, 5.41) is 0.406. The molecule has 0 amide bonds. The number of aromatic nitrogens is 1. The number of hydrogen-bond acceptors (Lipinski definition) is 1. The number of halogens is 2. The van der Waals surface area contributed by atoms with E-state index in [9.17, 15) is 4.39 Å². The summed E-state index contributed by atoms with van der Waals surface area (Å²) in [7, 11) is 0. The van der Waals surface area contributed by atoms with Crippen molar-refractivity contribution in [3.8, 4) is 11.1 Å². The Bertz CT molecular complexity index is 707. The molecular formula is C19H21ClFN. The first kappa shape index (κ1) is 16.7. The predicted molar refractivity (Wildman–Crippen MR) is 92.7 cm³/mol. The van der Waals surface area contributed by atoms with Crippen LogP contribution in [0.5, 0.6) is 0 Å². The second-order valence-corrected chi connectivity index (χ2v) is 5.92. The van der Waals surface area contributed by atoms with Crippen molar-refractivity contribution < 1.29 is 4.39 Å². The fourth-order valence-corrected chi connectivity index (χ4v) is 2.77. The summed E-state index contributed by atoms with van der Waals surface area (Å²) in [5.74, 6) is -0.300. The Morgan fingerprint density at radius 1 is 1.23 bits per heavy atom. The maximum absolute atomic E-state index is 14.4. The topological polar surface area (TPSA) is 12.9 Å². The molecule has 0 spiro atoms. The second-order valence-electron chi connectivity index (χ2n) is 5.49. The van der Waals surface area contributed by atoms with E-state index >= 15 is 0 Å². The van der Waals surface area contributed by atoms with Crippen molar-refractivity contribution in [1.29, 1.82) is 0 Å². The van der Waals surface area contributed by atoms with Gasteiger partial charge in [0.1, 0.15) is 5.82 Å². The van der Waals surface area contributed by atoms with Gasteiger partial charge in [-0.2, -0.15) is 0 Å². The quantitative estimate of drug-likeness (QED) is 0.650. The summed E-state index contributed by atoms with van der Waals surface area (Å²) < 4.78 is 14.4. The van der Waals surface area contributed by atoms with Crippen molar-refractivity contribution in [3.05, 3.63) is 58.6 Å². The minimum absolute atomic E-state index is 0.300. The van der Waals surface area contributed by atoms with Gasteiger partial charge in [-0.05, 0) is 60.7 Å². The smallest absolute Gasteiger partial charge is 0.132 e. The molecule has 0 aliphatic carbocycles. The van der Waals surface area contributed by atoms with E-state index in [0.717, 1.165) is 47.4 Å². The van der Waals surface area contributed by atoms with Crippen LogP contribution in [0.25, 0.3) is 16.7 Å². The van der Waals surface area contributed by atoms with Crippen LogP contribution in [-0.2, 0) is 12.8 Å². The van der Waals surface area contributed by atoms with Crippen molar-refractivity contribution in [1.82, 2.24) is 4.98 Å². The van der Waals surface area contributed by atoms with Crippen LogP contribution in [0.2, 0.25) is 5.02 Å². The second kappa shape index (κ2) is 7.06. The van der Waals surface area contributed by atoms with E-state index in [0.29, 0.717) is 10.6 Å². The molecule has 1 aromatic heterocycles. The number of rotatable bonds is 5. The number of hydrogen-bond donors (Lipinski definition) is 0. The van der Waals surface area contributed by atoms with E-state index in [4.69, 9.17) is 16.6 Å². The molecule has 1 heterocycles. The Hall–Kier alpha value is -1.67. The third-order valence-electron chi connectivity index (χ3n) is 3.70. The van der Waals surface area contributed by atoms with Gasteiger partial charge in [-0.1, -0.05) is 38.4 Å². The minimum atomic E-state index is -0.300. The number of aryl methyl sites for hydroxylation is 1. The lowest BCUT2D eigenvalue weighted by atomic mass is 9.93. The zero-order valence-electron chi connectivity index (χ0n) is 13.3. The molecule has 0 N–H and O–H groups in total.